The van der Waals surface area contributed by atoms with Crippen molar-refractivity contribution in [2.24, 2.45) is 5.73 Å². The van der Waals surface area contributed by atoms with Gasteiger partial charge in [0.05, 0.1) is 0 Å². The molecule has 0 saturated carbocycles. The molecule has 1 heterocycles. The molecule has 1 saturated heterocycles. The molecule has 1 unspecified atom stereocenters. The first-order chi connectivity index (χ1) is 8.63. The zero-order chi connectivity index (χ0) is 13.0. The number of rotatable bonds is 4. The van der Waals surface area contributed by atoms with Gasteiger partial charge >= 0.3 is 0 Å². The number of carbonyl (C=O) groups excluding carboxylic acids is 1. The van der Waals surface area contributed by atoms with Crippen molar-refractivity contribution in [2.45, 2.75) is 18.9 Å². The number of likely N-dealkylation sites (tertiary alicyclic amines) is 1. The van der Waals surface area contributed by atoms with Crippen molar-refractivity contribution in [2.75, 3.05) is 25.0 Å². The minimum Gasteiger partial charge on any atom is -0.326 e. The largest absolute Gasteiger partial charge is 0.326 e. The second kappa shape index (κ2) is 7.70. The van der Waals surface area contributed by atoms with E-state index in [2.05, 4.69) is 10.2 Å². The fraction of sp³-hybridized carbons (Fsp3) is 0.462. The molecule has 6 heteroatoms. The number of nitrogens with two attached hydrogens (primary N) is 1. The zero-order valence-electron chi connectivity index (χ0n) is 10.6. The minimum absolute atomic E-state index is 0. The summed E-state index contributed by atoms with van der Waals surface area (Å²) in [6.45, 7) is 2.65. The fourth-order valence-electron chi connectivity index (χ4n) is 2.12. The molecular formula is C13H19Cl2N3O. The molecule has 1 aromatic carbocycles. The van der Waals surface area contributed by atoms with Crippen LogP contribution in [0.2, 0.25) is 5.02 Å². The van der Waals surface area contributed by atoms with Crippen LogP contribution in [0.5, 0.6) is 0 Å². The van der Waals surface area contributed by atoms with Crippen molar-refractivity contribution in [3.05, 3.63) is 29.3 Å². The van der Waals surface area contributed by atoms with E-state index in [-0.39, 0.29) is 24.4 Å². The van der Waals surface area contributed by atoms with Gasteiger partial charge in [0.15, 0.2) is 0 Å². The highest BCUT2D eigenvalue weighted by atomic mass is 35.5. The Balaban J connectivity index is 0.00000180. The summed E-state index contributed by atoms with van der Waals surface area (Å²) in [5.74, 6) is 0.0118. The molecule has 2 rings (SSSR count). The first kappa shape index (κ1) is 16.2. The van der Waals surface area contributed by atoms with E-state index in [0.29, 0.717) is 11.4 Å². The van der Waals surface area contributed by atoms with E-state index in [4.69, 9.17) is 17.3 Å². The summed E-state index contributed by atoms with van der Waals surface area (Å²) in [5.41, 5.74) is 6.56. The summed E-state index contributed by atoms with van der Waals surface area (Å²) in [6, 6.07) is 7.43. The van der Waals surface area contributed by atoms with Gasteiger partial charge in [-0.15, -0.1) is 12.4 Å². The third-order valence-corrected chi connectivity index (χ3v) is 3.31. The van der Waals surface area contributed by atoms with E-state index < -0.39 is 0 Å². The summed E-state index contributed by atoms with van der Waals surface area (Å²) in [6.07, 6.45) is 1.51. The Morgan fingerprint density at radius 2 is 2.32 bits per heavy atom. The maximum absolute atomic E-state index is 11.7. The van der Waals surface area contributed by atoms with Crippen molar-refractivity contribution < 1.29 is 4.79 Å². The smallest absolute Gasteiger partial charge is 0.225 e. The lowest BCUT2D eigenvalue weighted by molar-refractivity contribution is -0.116. The number of amides is 1. The predicted molar refractivity (Wildman–Crippen MR) is 81.0 cm³/mol. The first-order valence-electron chi connectivity index (χ1n) is 6.17. The second-order valence-electron chi connectivity index (χ2n) is 4.66. The van der Waals surface area contributed by atoms with Gasteiger partial charge in [0.1, 0.15) is 0 Å². The molecule has 0 radical (unpaired) electrons. The quantitative estimate of drug-likeness (QED) is 0.896. The highest BCUT2D eigenvalue weighted by Gasteiger charge is 2.19. The second-order valence-corrected chi connectivity index (χ2v) is 5.09. The van der Waals surface area contributed by atoms with Gasteiger partial charge in [0, 0.05) is 36.3 Å². The molecule has 3 N–H and O–H groups in total. The highest BCUT2D eigenvalue weighted by Crippen LogP contribution is 2.15. The van der Waals surface area contributed by atoms with E-state index in [1.807, 2.05) is 12.1 Å². The number of hydrogen-bond acceptors (Lipinski definition) is 3. The Morgan fingerprint density at radius 3 is 2.95 bits per heavy atom. The lowest BCUT2D eigenvalue weighted by atomic mass is 10.3. The molecule has 1 aliphatic heterocycles. The Hall–Kier alpha value is -0.810. The van der Waals surface area contributed by atoms with Crippen molar-refractivity contribution in [3.8, 4) is 0 Å². The molecule has 0 bridgehead atoms. The number of nitrogens with zero attached hydrogens (tertiary/aromatic N) is 1. The van der Waals surface area contributed by atoms with Gasteiger partial charge in [-0.05, 0) is 31.2 Å². The maximum atomic E-state index is 11.7. The van der Waals surface area contributed by atoms with Crippen molar-refractivity contribution in [1.82, 2.24) is 4.90 Å². The van der Waals surface area contributed by atoms with E-state index in [1.54, 1.807) is 12.1 Å². The molecule has 1 fully saturated rings. The zero-order valence-corrected chi connectivity index (χ0v) is 12.2. The van der Waals surface area contributed by atoms with E-state index in [9.17, 15) is 4.79 Å². The van der Waals surface area contributed by atoms with Crippen molar-refractivity contribution >= 4 is 35.6 Å². The van der Waals surface area contributed by atoms with Crippen LogP contribution in [0.3, 0.4) is 0 Å². The van der Waals surface area contributed by atoms with Crippen LogP contribution in [0.4, 0.5) is 5.69 Å². The van der Waals surface area contributed by atoms with Crippen LogP contribution < -0.4 is 11.1 Å². The summed E-state index contributed by atoms with van der Waals surface area (Å²) >= 11 is 5.85. The van der Waals surface area contributed by atoms with Crippen molar-refractivity contribution in [3.63, 3.8) is 0 Å². The lowest BCUT2D eigenvalue weighted by Gasteiger charge is -2.14. The summed E-state index contributed by atoms with van der Waals surface area (Å²) in [7, 11) is 0. The van der Waals surface area contributed by atoms with Crippen LogP contribution in [0.25, 0.3) is 0 Å². The number of nitrogens with one attached hydrogen (secondary N) is 1. The van der Waals surface area contributed by atoms with Crippen LogP contribution in [0, 0.1) is 0 Å². The molecule has 1 aliphatic rings. The first-order valence-corrected chi connectivity index (χ1v) is 6.54. The topological polar surface area (TPSA) is 58.4 Å². The van der Waals surface area contributed by atoms with E-state index >= 15 is 0 Å². The Morgan fingerprint density at radius 1 is 1.53 bits per heavy atom. The average Bonchev–Trinajstić information content (AvgIpc) is 2.73. The van der Waals surface area contributed by atoms with E-state index in [1.165, 1.54) is 0 Å². The molecule has 0 aromatic heterocycles. The highest BCUT2D eigenvalue weighted by molar-refractivity contribution is 6.30. The van der Waals surface area contributed by atoms with Gasteiger partial charge in [-0.1, -0.05) is 17.7 Å². The third-order valence-electron chi connectivity index (χ3n) is 3.07. The molecule has 1 aromatic rings. The van der Waals surface area contributed by atoms with Gasteiger partial charge in [-0.3, -0.25) is 4.79 Å². The third kappa shape index (κ3) is 5.37. The summed E-state index contributed by atoms with van der Waals surface area (Å²) in [4.78, 5) is 14.0. The van der Waals surface area contributed by atoms with Crippen LogP contribution in [-0.2, 0) is 4.79 Å². The van der Waals surface area contributed by atoms with Gasteiger partial charge in [-0.25, -0.2) is 0 Å². The van der Waals surface area contributed by atoms with Crippen LogP contribution in [0.1, 0.15) is 12.8 Å². The number of benzene rings is 1. The molecular weight excluding hydrogens is 285 g/mol. The Bertz CT molecular complexity index is 428. The van der Waals surface area contributed by atoms with Crippen molar-refractivity contribution in [1.29, 1.82) is 0 Å². The number of hydrogen-bond donors (Lipinski definition) is 2. The molecule has 1 amide bonds. The Labute approximate surface area is 124 Å². The standard InChI is InChI=1S/C13H18ClN3O.ClH/c14-10-2-1-3-12(8-10)16-13(18)5-7-17-6-4-11(15)9-17;/h1-3,8,11H,4-7,9,15H2,(H,16,18);1H. The monoisotopic (exact) mass is 303 g/mol. The molecule has 0 aliphatic carbocycles. The van der Waals surface area contributed by atoms with Crippen LogP contribution in [0.15, 0.2) is 24.3 Å². The average molecular weight is 304 g/mol. The minimum atomic E-state index is 0. The summed E-state index contributed by atoms with van der Waals surface area (Å²) < 4.78 is 0. The van der Waals surface area contributed by atoms with Gasteiger partial charge in [-0.2, -0.15) is 0 Å². The molecule has 4 nitrogen and oxygen atoms in total. The SMILES string of the molecule is Cl.NC1CCN(CCC(=O)Nc2cccc(Cl)c2)C1. The molecule has 19 heavy (non-hydrogen) atoms. The molecule has 106 valence electrons. The summed E-state index contributed by atoms with van der Waals surface area (Å²) in [5, 5.41) is 3.46. The molecule has 1 atom stereocenters. The number of halogens is 2. The lowest BCUT2D eigenvalue weighted by Crippen LogP contribution is -2.29. The van der Waals surface area contributed by atoms with Gasteiger partial charge in [0.25, 0.3) is 0 Å². The van der Waals surface area contributed by atoms with Crippen LogP contribution in [-0.4, -0.2) is 36.5 Å². The van der Waals surface area contributed by atoms with Gasteiger partial charge < -0.3 is 16.0 Å². The number of carbonyl (C=O) groups is 1. The Kier molecular flexibility index (Phi) is 6.58. The molecule has 0 spiro atoms. The maximum Gasteiger partial charge on any atom is 0.225 e. The predicted octanol–water partition coefficient (Wildman–Crippen LogP) is 2.12. The van der Waals surface area contributed by atoms with Crippen LogP contribution >= 0.6 is 24.0 Å². The normalized spacial score (nSPS) is 18.9. The van der Waals surface area contributed by atoms with E-state index in [0.717, 1.165) is 31.7 Å². The van der Waals surface area contributed by atoms with Gasteiger partial charge in [0.2, 0.25) is 5.91 Å². The fourth-order valence-corrected chi connectivity index (χ4v) is 2.31. The number of anilines is 1.